The van der Waals surface area contributed by atoms with E-state index in [9.17, 15) is 4.79 Å². The molecule has 0 saturated heterocycles. The molecule has 2 rings (SSSR count). The zero-order valence-electron chi connectivity index (χ0n) is 10.6. The Morgan fingerprint density at radius 3 is 2.74 bits per heavy atom. The van der Waals surface area contributed by atoms with Crippen LogP contribution in [-0.4, -0.2) is 10.9 Å². The maximum absolute atomic E-state index is 12.1. The summed E-state index contributed by atoms with van der Waals surface area (Å²) in [5, 5.41) is 3.93. The van der Waals surface area contributed by atoms with Crippen LogP contribution in [0.25, 0.3) is 0 Å². The number of aryl methyl sites for hydroxylation is 1. The van der Waals surface area contributed by atoms with E-state index in [0.29, 0.717) is 20.7 Å². The van der Waals surface area contributed by atoms with E-state index >= 15 is 0 Å². The van der Waals surface area contributed by atoms with Gasteiger partial charge in [0.2, 0.25) is 0 Å². The van der Waals surface area contributed by atoms with Gasteiger partial charge < -0.3 is 11.1 Å². The fourth-order valence-corrected chi connectivity index (χ4v) is 2.83. The lowest BCUT2D eigenvalue weighted by molar-refractivity contribution is 0.0943. The van der Waals surface area contributed by atoms with Crippen LogP contribution in [0.1, 0.15) is 33.9 Å². The minimum atomic E-state index is -0.181. The second-order valence-corrected chi connectivity index (χ2v) is 5.62. The van der Waals surface area contributed by atoms with Crippen LogP contribution in [0, 0.1) is 6.92 Å². The van der Waals surface area contributed by atoms with E-state index in [1.807, 2.05) is 25.1 Å². The molecule has 1 unspecified atom stereocenters. The van der Waals surface area contributed by atoms with Crippen LogP contribution < -0.4 is 11.1 Å². The lowest BCUT2D eigenvalue weighted by atomic mass is 10.1. The zero-order valence-corrected chi connectivity index (χ0v) is 12.2. The van der Waals surface area contributed by atoms with Crippen molar-refractivity contribution in [1.82, 2.24) is 10.3 Å². The highest BCUT2D eigenvalue weighted by Gasteiger charge is 2.18. The first-order valence-electron chi connectivity index (χ1n) is 5.77. The number of nitrogens with one attached hydrogen (secondary N) is 1. The summed E-state index contributed by atoms with van der Waals surface area (Å²) in [6.07, 6.45) is 0. The van der Waals surface area contributed by atoms with Crippen molar-refractivity contribution < 1.29 is 4.79 Å². The summed E-state index contributed by atoms with van der Waals surface area (Å²) in [6.45, 7) is 3.65. The highest BCUT2D eigenvalue weighted by atomic mass is 35.5. The van der Waals surface area contributed by atoms with E-state index < -0.39 is 0 Å². The molecule has 1 heterocycles. The predicted octanol–water partition coefficient (Wildman–Crippen LogP) is 3.18. The van der Waals surface area contributed by atoms with E-state index in [-0.39, 0.29) is 11.9 Å². The lowest BCUT2D eigenvalue weighted by Crippen LogP contribution is -2.26. The fraction of sp³-hybridized carbons (Fsp3) is 0.231. The third kappa shape index (κ3) is 3.05. The van der Waals surface area contributed by atoms with E-state index in [1.54, 1.807) is 13.0 Å². The summed E-state index contributed by atoms with van der Waals surface area (Å²) >= 11 is 7.29. The molecular weight excluding hydrogens is 282 g/mol. The molecule has 1 atom stereocenters. The quantitative estimate of drug-likeness (QED) is 0.914. The highest BCUT2D eigenvalue weighted by molar-refractivity contribution is 7.17. The van der Waals surface area contributed by atoms with E-state index in [0.717, 1.165) is 5.56 Å². The smallest absolute Gasteiger partial charge is 0.263 e. The van der Waals surface area contributed by atoms with Gasteiger partial charge in [0.1, 0.15) is 4.88 Å². The molecule has 100 valence electrons. The van der Waals surface area contributed by atoms with Gasteiger partial charge in [-0.2, -0.15) is 0 Å². The standard InChI is InChI=1S/C13H14ClN3OS/c1-7(9-5-3-4-6-10(9)14)16-12(18)11-8(2)17-13(15)19-11/h3-7H,1-2H3,(H2,15,17)(H,16,18). The molecule has 0 bridgehead atoms. The number of rotatable bonds is 3. The first-order valence-corrected chi connectivity index (χ1v) is 6.96. The van der Waals surface area contributed by atoms with Gasteiger partial charge in [-0.25, -0.2) is 4.98 Å². The van der Waals surface area contributed by atoms with Gasteiger partial charge in [-0.05, 0) is 25.5 Å². The normalized spacial score (nSPS) is 12.2. The number of hydrogen-bond acceptors (Lipinski definition) is 4. The largest absolute Gasteiger partial charge is 0.375 e. The van der Waals surface area contributed by atoms with E-state index in [4.69, 9.17) is 17.3 Å². The van der Waals surface area contributed by atoms with Crippen molar-refractivity contribution in [1.29, 1.82) is 0 Å². The van der Waals surface area contributed by atoms with Gasteiger partial charge in [-0.3, -0.25) is 4.79 Å². The first kappa shape index (κ1) is 13.8. The molecule has 2 aromatic rings. The Morgan fingerprint density at radius 2 is 2.16 bits per heavy atom. The number of aromatic nitrogens is 1. The number of amides is 1. The van der Waals surface area contributed by atoms with Crippen LogP contribution >= 0.6 is 22.9 Å². The second-order valence-electron chi connectivity index (χ2n) is 4.18. The van der Waals surface area contributed by atoms with Crippen molar-refractivity contribution in [3.8, 4) is 0 Å². The van der Waals surface area contributed by atoms with E-state index in [2.05, 4.69) is 10.3 Å². The Hall–Kier alpha value is -1.59. The summed E-state index contributed by atoms with van der Waals surface area (Å²) in [7, 11) is 0. The predicted molar refractivity (Wildman–Crippen MR) is 78.6 cm³/mol. The molecular formula is C13H14ClN3OS. The molecule has 4 nitrogen and oxygen atoms in total. The molecule has 6 heteroatoms. The topological polar surface area (TPSA) is 68.0 Å². The lowest BCUT2D eigenvalue weighted by Gasteiger charge is -2.15. The second kappa shape index (κ2) is 5.59. The molecule has 1 aromatic heterocycles. The average Bonchev–Trinajstić information content (AvgIpc) is 2.69. The van der Waals surface area contributed by atoms with Crippen molar-refractivity contribution in [2.45, 2.75) is 19.9 Å². The summed E-state index contributed by atoms with van der Waals surface area (Å²) in [6, 6.07) is 7.26. The highest BCUT2D eigenvalue weighted by Crippen LogP contribution is 2.24. The Kier molecular flexibility index (Phi) is 4.07. The first-order chi connectivity index (χ1) is 8.99. The Morgan fingerprint density at radius 1 is 1.47 bits per heavy atom. The summed E-state index contributed by atoms with van der Waals surface area (Å²) in [4.78, 5) is 16.7. The van der Waals surface area contributed by atoms with Crippen molar-refractivity contribution in [3.05, 3.63) is 45.4 Å². The molecule has 0 fully saturated rings. The maximum atomic E-state index is 12.1. The number of benzene rings is 1. The molecule has 1 aromatic carbocycles. The van der Waals surface area contributed by atoms with Gasteiger partial charge >= 0.3 is 0 Å². The number of halogens is 1. The van der Waals surface area contributed by atoms with Crippen LogP contribution in [-0.2, 0) is 0 Å². The number of anilines is 1. The third-order valence-corrected chi connectivity index (χ3v) is 4.07. The third-order valence-electron chi connectivity index (χ3n) is 2.74. The van der Waals surface area contributed by atoms with Gasteiger partial charge in [0.15, 0.2) is 5.13 Å². The monoisotopic (exact) mass is 295 g/mol. The summed E-state index contributed by atoms with van der Waals surface area (Å²) in [5.74, 6) is -0.181. The van der Waals surface area contributed by atoms with Gasteiger partial charge in [-0.15, -0.1) is 0 Å². The minimum absolute atomic E-state index is 0.177. The molecule has 0 saturated carbocycles. The van der Waals surface area contributed by atoms with Crippen molar-refractivity contribution in [3.63, 3.8) is 0 Å². The number of hydrogen-bond donors (Lipinski definition) is 2. The molecule has 3 N–H and O–H groups in total. The zero-order chi connectivity index (χ0) is 14.0. The number of carbonyl (C=O) groups is 1. The maximum Gasteiger partial charge on any atom is 0.263 e. The molecule has 19 heavy (non-hydrogen) atoms. The molecule has 1 amide bonds. The summed E-state index contributed by atoms with van der Waals surface area (Å²) in [5.41, 5.74) is 7.12. The Bertz CT molecular complexity index is 612. The van der Waals surface area contributed by atoms with Gasteiger partial charge in [-0.1, -0.05) is 41.1 Å². The van der Waals surface area contributed by atoms with Gasteiger partial charge in [0.05, 0.1) is 11.7 Å². The number of nitrogens with two attached hydrogens (primary N) is 1. The molecule has 0 aliphatic rings. The van der Waals surface area contributed by atoms with Crippen LogP contribution in [0.15, 0.2) is 24.3 Å². The minimum Gasteiger partial charge on any atom is -0.375 e. The molecule has 0 spiro atoms. The van der Waals surface area contributed by atoms with Crippen molar-refractivity contribution >= 4 is 34.0 Å². The number of thiazole rings is 1. The number of nitrogen functional groups attached to an aromatic ring is 1. The molecule has 0 aliphatic heterocycles. The number of carbonyl (C=O) groups excluding carboxylic acids is 1. The van der Waals surface area contributed by atoms with Gasteiger partial charge in [0.25, 0.3) is 5.91 Å². The van der Waals surface area contributed by atoms with Crippen molar-refractivity contribution in [2.75, 3.05) is 5.73 Å². The Balaban J connectivity index is 2.15. The molecule has 0 aliphatic carbocycles. The van der Waals surface area contributed by atoms with Crippen molar-refractivity contribution in [2.24, 2.45) is 0 Å². The Labute approximate surface area is 120 Å². The van der Waals surface area contributed by atoms with Crippen LogP contribution in [0.3, 0.4) is 0 Å². The van der Waals surface area contributed by atoms with E-state index in [1.165, 1.54) is 11.3 Å². The average molecular weight is 296 g/mol. The molecule has 0 radical (unpaired) electrons. The summed E-state index contributed by atoms with van der Waals surface area (Å²) < 4.78 is 0. The van der Waals surface area contributed by atoms with Crippen LogP contribution in [0.4, 0.5) is 5.13 Å². The fourth-order valence-electron chi connectivity index (χ4n) is 1.79. The van der Waals surface area contributed by atoms with Crippen LogP contribution in [0.2, 0.25) is 5.02 Å². The van der Waals surface area contributed by atoms with Gasteiger partial charge in [0, 0.05) is 5.02 Å². The SMILES string of the molecule is Cc1nc(N)sc1C(=O)NC(C)c1ccccc1Cl. The van der Waals surface area contributed by atoms with Crippen LogP contribution in [0.5, 0.6) is 0 Å². The number of nitrogens with zero attached hydrogens (tertiary/aromatic N) is 1.